The third kappa shape index (κ3) is 3.93. The van der Waals surface area contributed by atoms with Gasteiger partial charge in [0.05, 0.1) is 18.3 Å². The molecule has 1 aliphatic carbocycles. The van der Waals surface area contributed by atoms with E-state index in [0.29, 0.717) is 48.0 Å². The molecule has 4 rings (SSSR count). The minimum Gasteiger partial charge on any atom is -0.376 e. The van der Waals surface area contributed by atoms with Crippen molar-refractivity contribution in [3.05, 3.63) is 42.2 Å². The molecule has 7 heteroatoms. The molecular weight excluding hydrogens is 345 g/mol. The highest BCUT2D eigenvalue weighted by molar-refractivity contribution is 5.60. The molecule has 1 aliphatic rings. The maximum atomic E-state index is 14.1. The van der Waals surface area contributed by atoms with E-state index in [-0.39, 0.29) is 5.82 Å². The Morgan fingerprint density at radius 3 is 2.85 bits per heavy atom. The first-order valence-electron chi connectivity index (χ1n) is 9.55. The molecule has 2 aromatic heterocycles. The SMILES string of the molecule is C[C@@H]1CCCC[C@H]1OCCNc1ccc2nnc(-c3ccccc3F)n2n1. The Morgan fingerprint density at radius 2 is 2.00 bits per heavy atom. The van der Waals surface area contributed by atoms with E-state index in [1.165, 1.54) is 25.3 Å². The summed E-state index contributed by atoms with van der Waals surface area (Å²) in [6.45, 7) is 3.57. The first-order chi connectivity index (χ1) is 13.2. The summed E-state index contributed by atoms with van der Waals surface area (Å²) < 4.78 is 21.7. The molecule has 27 heavy (non-hydrogen) atoms. The molecule has 6 nitrogen and oxygen atoms in total. The van der Waals surface area contributed by atoms with Crippen molar-refractivity contribution in [3.63, 3.8) is 0 Å². The number of aromatic nitrogens is 4. The summed E-state index contributed by atoms with van der Waals surface area (Å²) in [6, 6.07) is 10.2. The van der Waals surface area contributed by atoms with Gasteiger partial charge >= 0.3 is 0 Å². The molecule has 0 spiro atoms. The maximum absolute atomic E-state index is 14.1. The van der Waals surface area contributed by atoms with Gasteiger partial charge in [-0.3, -0.25) is 0 Å². The predicted molar refractivity (Wildman–Crippen MR) is 102 cm³/mol. The van der Waals surface area contributed by atoms with Crippen LogP contribution in [0.3, 0.4) is 0 Å². The van der Waals surface area contributed by atoms with Crippen molar-refractivity contribution in [2.45, 2.75) is 38.7 Å². The highest BCUT2D eigenvalue weighted by atomic mass is 19.1. The van der Waals surface area contributed by atoms with Gasteiger partial charge in [-0.1, -0.05) is 31.9 Å². The van der Waals surface area contributed by atoms with Gasteiger partial charge in [0, 0.05) is 6.54 Å². The number of fused-ring (bicyclic) bond motifs is 1. The van der Waals surface area contributed by atoms with Gasteiger partial charge in [0.25, 0.3) is 0 Å². The number of nitrogens with one attached hydrogen (secondary N) is 1. The Hall–Kier alpha value is -2.54. The van der Waals surface area contributed by atoms with Gasteiger partial charge in [-0.25, -0.2) is 4.39 Å². The van der Waals surface area contributed by atoms with Crippen molar-refractivity contribution in [2.24, 2.45) is 5.92 Å². The lowest BCUT2D eigenvalue weighted by atomic mass is 9.88. The number of benzene rings is 1. The Kier molecular flexibility index (Phi) is 5.29. The lowest BCUT2D eigenvalue weighted by Gasteiger charge is -2.28. The van der Waals surface area contributed by atoms with Crippen LogP contribution >= 0.6 is 0 Å². The van der Waals surface area contributed by atoms with E-state index in [1.807, 2.05) is 12.1 Å². The second kappa shape index (κ2) is 8.00. The van der Waals surface area contributed by atoms with E-state index < -0.39 is 0 Å². The van der Waals surface area contributed by atoms with Gasteiger partial charge in [0.1, 0.15) is 11.6 Å². The monoisotopic (exact) mass is 369 g/mol. The van der Waals surface area contributed by atoms with Crippen LogP contribution in [-0.2, 0) is 4.74 Å². The lowest BCUT2D eigenvalue weighted by molar-refractivity contribution is 0.000368. The van der Waals surface area contributed by atoms with Crippen LogP contribution in [0.2, 0.25) is 0 Å². The maximum Gasteiger partial charge on any atom is 0.188 e. The van der Waals surface area contributed by atoms with Gasteiger partial charge in [-0.05, 0) is 43.0 Å². The summed E-state index contributed by atoms with van der Waals surface area (Å²) in [5.41, 5.74) is 0.954. The van der Waals surface area contributed by atoms with Crippen molar-refractivity contribution in [1.82, 2.24) is 19.8 Å². The van der Waals surface area contributed by atoms with Crippen molar-refractivity contribution in [3.8, 4) is 11.4 Å². The molecule has 3 aromatic rings. The van der Waals surface area contributed by atoms with Crippen LogP contribution < -0.4 is 5.32 Å². The van der Waals surface area contributed by atoms with Crippen molar-refractivity contribution in [2.75, 3.05) is 18.5 Å². The van der Waals surface area contributed by atoms with E-state index >= 15 is 0 Å². The Bertz CT molecular complexity index is 912. The van der Waals surface area contributed by atoms with Crippen LogP contribution in [-0.4, -0.2) is 39.1 Å². The predicted octanol–water partition coefficient (Wildman–Crippen LogP) is 3.94. The summed E-state index contributed by atoms with van der Waals surface area (Å²) in [7, 11) is 0. The van der Waals surface area contributed by atoms with Crippen LogP contribution in [0.5, 0.6) is 0 Å². The molecule has 142 valence electrons. The van der Waals surface area contributed by atoms with Crippen molar-refractivity contribution in [1.29, 1.82) is 0 Å². The highest BCUT2D eigenvalue weighted by Gasteiger charge is 2.21. The standard InChI is InChI=1S/C20H24FN5O/c1-14-6-2-5-9-17(14)27-13-12-22-18-10-11-19-23-24-20(26(19)25-18)15-7-3-4-8-16(15)21/h3-4,7-8,10-11,14,17H,2,5-6,9,12-13H2,1H3,(H,22,25)/t14-,17-/m1/s1. The molecular formula is C20H24FN5O. The van der Waals surface area contributed by atoms with Gasteiger partial charge < -0.3 is 10.1 Å². The van der Waals surface area contributed by atoms with E-state index in [4.69, 9.17) is 4.74 Å². The largest absolute Gasteiger partial charge is 0.376 e. The summed E-state index contributed by atoms with van der Waals surface area (Å²) in [5, 5.41) is 15.9. The Morgan fingerprint density at radius 1 is 1.15 bits per heavy atom. The third-order valence-electron chi connectivity index (χ3n) is 5.15. The highest BCUT2D eigenvalue weighted by Crippen LogP contribution is 2.26. The van der Waals surface area contributed by atoms with Gasteiger partial charge in [-0.15, -0.1) is 15.3 Å². The average Bonchev–Trinajstić information content (AvgIpc) is 3.10. The van der Waals surface area contributed by atoms with Gasteiger partial charge in [0.15, 0.2) is 11.5 Å². The third-order valence-corrected chi connectivity index (χ3v) is 5.15. The van der Waals surface area contributed by atoms with E-state index in [0.717, 1.165) is 6.42 Å². The van der Waals surface area contributed by atoms with Crippen LogP contribution in [0.4, 0.5) is 10.2 Å². The van der Waals surface area contributed by atoms with Crippen LogP contribution in [0.1, 0.15) is 32.6 Å². The molecule has 1 aromatic carbocycles. The summed E-state index contributed by atoms with van der Waals surface area (Å²) >= 11 is 0. The average molecular weight is 369 g/mol. The number of anilines is 1. The molecule has 2 atom stereocenters. The molecule has 0 aliphatic heterocycles. The van der Waals surface area contributed by atoms with Crippen molar-refractivity contribution < 1.29 is 9.13 Å². The Balaban J connectivity index is 1.42. The molecule has 0 amide bonds. The quantitative estimate of drug-likeness (QED) is 0.667. The van der Waals surface area contributed by atoms with E-state index in [9.17, 15) is 4.39 Å². The number of hydrogen-bond donors (Lipinski definition) is 1. The van der Waals surface area contributed by atoms with Crippen LogP contribution in [0.15, 0.2) is 36.4 Å². The smallest absolute Gasteiger partial charge is 0.188 e. The van der Waals surface area contributed by atoms with E-state index in [2.05, 4.69) is 27.5 Å². The fourth-order valence-corrected chi connectivity index (χ4v) is 3.61. The minimum absolute atomic E-state index is 0.345. The number of hydrogen-bond acceptors (Lipinski definition) is 5. The zero-order valence-electron chi connectivity index (χ0n) is 15.4. The van der Waals surface area contributed by atoms with E-state index in [1.54, 1.807) is 22.7 Å². The number of nitrogens with zero attached hydrogens (tertiary/aromatic N) is 4. The Labute approximate surface area is 157 Å². The number of halogens is 1. The second-order valence-electron chi connectivity index (χ2n) is 7.09. The topological polar surface area (TPSA) is 64.3 Å². The first-order valence-corrected chi connectivity index (χ1v) is 9.55. The lowest BCUT2D eigenvalue weighted by Crippen LogP contribution is -2.27. The zero-order chi connectivity index (χ0) is 18.6. The molecule has 0 radical (unpaired) electrons. The first kappa shape index (κ1) is 17.9. The summed E-state index contributed by atoms with van der Waals surface area (Å²) in [4.78, 5) is 0. The molecule has 1 N–H and O–H groups in total. The van der Waals surface area contributed by atoms with Crippen LogP contribution in [0, 0.1) is 11.7 Å². The molecule has 0 bridgehead atoms. The summed E-state index contributed by atoms with van der Waals surface area (Å²) in [6.07, 6.45) is 5.34. The molecule has 0 unspecified atom stereocenters. The molecule has 1 fully saturated rings. The normalized spacial score (nSPS) is 20.1. The molecule has 0 saturated heterocycles. The molecule has 1 saturated carbocycles. The second-order valence-corrected chi connectivity index (χ2v) is 7.09. The number of ether oxygens (including phenoxy) is 1. The minimum atomic E-state index is -0.345. The number of rotatable bonds is 6. The van der Waals surface area contributed by atoms with Crippen LogP contribution in [0.25, 0.3) is 17.0 Å². The fraction of sp³-hybridized carbons (Fsp3) is 0.450. The fourth-order valence-electron chi connectivity index (χ4n) is 3.61. The van der Waals surface area contributed by atoms with Gasteiger partial charge in [-0.2, -0.15) is 4.52 Å². The molecule has 2 heterocycles. The zero-order valence-corrected chi connectivity index (χ0v) is 15.4. The summed E-state index contributed by atoms with van der Waals surface area (Å²) in [5.74, 6) is 1.36. The van der Waals surface area contributed by atoms with Crippen molar-refractivity contribution >= 4 is 11.5 Å². The van der Waals surface area contributed by atoms with Gasteiger partial charge in [0.2, 0.25) is 0 Å².